The highest BCUT2D eigenvalue weighted by Gasteiger charge is 2.27. The molecule has 9 nitrogen and oxygen atoms in total. The second kappa shape index (κ2) is 6.23. The zero-order chi connectivity index (χ0) is 15.6. The number of thiophene rings is 1. The Balaban J connectivity index is 2.10. The highest BCUT2D eigenvalue weighted by molar-refractivity contribution is 7.91. The Hall–Kier alpha value is -1.27. The van der Waals surface area contributed by atoms with Gasteiger partial charge in [0.05, 0.1) is 4.92 Å². The molecule has 0 bridgehead atoms. The smallest absolute Gasteiger partial charge is 0.306 e. The van der Waals surface area contributed by atoms with E-state index in [0.29, 0.717) is 6.54 Å². The van der Waals surface area contributed by atoms with E-state index in [0.717, 1.165) is 36.9 Å². The Labute approximate surface area is 126 Å². The molecule has 0 radical (unpaired) electrons. The van der Waals surface area contributed by atoms with Crippen molar-refractivity contribution < 1.29 is 13.3 Å². The number of likely N-dealkylation sites (tertiary alicyclic amines) is 1. The summed E-state index contributed by atoms with van der Waals surface area (Å²) in [7, 11) is -1.78. The van der Waals surface area contributed by atoms with Crippen molar-refractivity contribution in [2.45, 2.75) is 10.6 Å². The highest BCUT2D eigenvalue weighted by Crippen LogP contribution is 2.36. The molecule has 1 aliphatic heterocycles. The zero-order valence-corrected chi connectivity index (χ0v) is 13.0. The monoisotopic (exact) mass is 335 g/mol. The Bertz CT molecular complexity index is 629. The molecule has 1 aromatic heterocycles. The molecule has 1 saturated heterocycles. The van der Waals surface area contributed by atoms with E-state index in [1.165, 1.54) is 0 Å². The van der Waals surface area contributed by atoms with Crippen LogP contribution in [0.4, 0.5) is 10.7 Å². The van der Waals surface area contributed by atoms with Crippen LogP contribution in [0.1, 0.15) is 6.42 Å². The Morgan fingerprint density at radius 2 is 2.33 bits per heavy atom. The van der Waals surface area contributed by atoms with Crippen molar-refractivity contribution >= 4 is 32.0 Å². The summed E-state index contributed by atoms with van der Waals surface area (Å²) in [5.74, 6) is 5.43. The lowest BCUT2D eigenvalue weighted by molar-refractivity contribution is -0.383. The van der Waals surface area contributed by atoms with Crippen molar-refractivity contribution in [3.8, 4) is 0 Å². The minimum atomic E-state index is -3.76. The maximum Gasteiger partial charge on any atom is 0.306 e. The van der Waals surface area contributed by atoms with E-state index in [9.17, 15) is 18.5 Å². The molecule has 0 aromatic carbocycles. The minimum Gasteiger partial charge on any atom is -0.310 e. The van der Waals surface area contributed by atoms with Crippen molar-refractivity contribution in [3.63, 3.8) is 0 Å². The second-order valence-corrected chi connectivity index (χ2v) is 8.00. The topological polar surface area (TPSA) is 131 Å². The maximum atomic E-state index is 12.2. The van der Waals surface area contributed by atoms with Crippen LogP contribution in [0.25, 0.3) is 0 Å². The SMILES string of the molecule is CN1CCC(CNS(=O)(=O)c2cc([N+](=O)[O-])c(NN)s2)C1. The molecule has 11 heteroatoms. The fourth-order valence-electron chi connectivity index (χ4n) is 2.22. The first-order valence-electron chi connectivity index (χ1n) is 6.26. The number of hydrogen-bond donors (Lipinski definition) is 3. The lowest BCUT2D eigenvalue weighted by Gasteiger charge is -2.11. The third-order valence-corrected chi connectivity index (χ3v) is 6.29. The molecule has 1 unspecified atom stereocenters. The average Bonchev–Trinajstić information content (AvgIpc) is 3.02. The van der Waals surface area contributed by atoms with Gasteiger partial charge >= 0.3 is 5.69 Å². The molecule has 1 fully saturated rings. The number of sulfonamides is 1. The van der Waals surface area contributed by atoms with Crippen molar-refractivity contribution in [1.29, 1.82) is 0 Å². The third-order valence-electron chi connectivity index (χ3n) is 3.33. The van der Waals surface area contributed by atoms with Gasteiger partial charge in [-0.3, -0.25) is 10.1 Å². The van der Waals surface area contributed by atoms with Crippen LogP contribution < -0.4 is 16.0 Å². The van der Waals surface area contributed by atoms with Crippen LogP contribution in [0.2, 0.25) is 0 Å². The highest BCUT2D eigenvalue weighted by atomic mass is 32.2. The van der Waals surface area contributed by atoms with Crippen molar-refractivity contribution in [2.75, 3.05) is 32.1 Å². The van der Waals surface area contributed by atoms with Gasteiger partial charge in [-0.1, -0.05) is 11.3 Å². The van der Waals surface area contributed by atoms with E-state index in [1.807, 2.05) is 7.05 Å². The summed E-state index contributed by atoms with van der Waals surface area (Å²) in [5, 5.41) is 10.8. The van der Waals surface area contributed by atoms with E-state index in [1.54, 1.807) is 0 Å². The van der Waals surface area contributed by atoms with Crippen LogP contribution in [0.3, 0.4) is 0 Å². The van der Waals surface area contributed by atoms with Crippen LogP contribution >= 0.6 is 11.3 Å². The van der Waals surface area contributed by atoms with Gasteiger partial charge in [-0.05, 0) is 25.9 Å². The van der Waals surface area contributed by atoms with Gasteiger partial charge in [-0.25, -0.2) is 19.0 Å². The number of nitrogens with zero attached hydrogens (tertiary/aromatic N) is 2. The number of nitrogens with two attached hydrogens (primary N) is 1. The summed E-state index contributed by atoms with van der Waals surface area (Å²) in [5.41, 5.74) is 1.81. The van der Waals surface area contributed by atoms with Gasteiger partial charge in [0.2, 0.25) is 10.0 Å². The zero-order valence-electron chi connectivity index (χ0n) is 11.4. The first kappa shape index (κ1) is 16.1. The fraction of sp³-hybridized carbons (Fsp3) is 0.600. The molecule has 2 heterocycles. The standard InChI is InChI=1S/C10H17N5O4S2/c1-14-3-2-7(6-14)5-12-21(18,19)9-4-8(15(16)17)10(13-11)20-9/h4,7,12-13H,2-3,5-6,11H2,1H3. The van der Waals surface area contributed by atoms with Gasteiger partial charge in [0.1, 0.15) is 4.21 Å². The number of nitro groups is 1. The predicted octanol–water partition coefficient (Wildman–Crippen LogP) is 0.172. The maximum absolute atomic E-state index is 12.2. The van der Waals surface area contributed by atoms with E-state index >= 15 is 0 Å². The summed E-state index contributed by atoms with van der Waals surface area (Å²) < 4.78 is 26.7. The third kappa shape index (κ3) is 3.68. The first-order chi connectivity index (χ1) is 9.83. The number of nitrogens with one attached hydrogen (secondary N) is 2. The minimum absolute atomic E-state index is 0.0148. The molecular formula is C10H17N5O4S2. The normalized spacial score (nSPS) is 19.8. The van der Waals surface area contributed by atoms with Crippen molar-refractivity contribution in [2.24, 2.45) is 11.8 Å². The van der Waals surface area contributed by atoms with Crippen LogP contribution in [0.5, 0.6) is 0 Å². The van der Waals surface area contributed by atoms with Gasteiger partial charge < -0.3 is 10.3 Å². The Morgan fingerprint density at radius 1 is 1.62 bits per heavy atom. The number of anilines is 1. The van der Waals surface area contributed by atoms with Gasteiger partial charge in [-0.15, -0.1) is 0 Å². The summed E-state index contributed by atoms with van der Waals surface area (Å²) in [6, 6.07) is 1.02. The van der Waals surface area contributed by atoms with Gasteiger partial charge in [0.25, 0.3) is 0 Å². The van der Waals surface area contributed by atoms with Crippen LogP contribution in [0.15, 0.2) is 10.3 Å². The number of hydrazine groups is 1. The predicted molar refractivity (Wildman–Crippen MR) is 79.6 cm³/mol. The summed E-state index contributed by atoms with van der Waals surface area (Å²) in [4.78, 5) is 12.3. The summed E-state index contributed by atoms with van der Waals surface area (Å²) >= 11 is 0.739. The Kier molecular flexibility index (Phi) is 4.78. The molecule has 0 saturated carbocycles. The second-order valence-electron chi connectivity index (χ2n) is 4.95. The van der Waals surface area contributed by atoms with E-state index in [2.05, 4.69) is 15.0 Å². The van der Waals surface area contributed by atoms with Gasteiger partial charge in [-0.2, -0.15) is 0 Å². The molecule has 0 aliphatic carbocycles. The van der Waals surface area contributed by atoms with Crippen LogP contribution in [-0.4, -0.2) is 44.9 Å². The van der Waals surface area contributed by atoms with Gasteiger partial charge in [0, 0.05) is 19.2 Å². The molecule has 0 amide bonds. The molecule has 1 atom stereocenters. The van der Waals surface area contributed by atoms with Crippen molar-refractivity contribution in [3.05, 3.63) is 16.2 Å². The molecular weight excluding hydrogens is 318 g/mol. The summed E-state index contributed by atoms with van der Waals surface area (Å²) in [6.45, 7) is 2.10. The lowest BCUT2D eigenvalue weighted by atomic mass is 10.1. The first-order valence-corrected chi connectivity index (χ1v) is 8.56. The molecule has 21 heavy (non-hydrogen) atoms. The van der Waals surface area contributed by atoms with Gasteiger partial charge in [0.15, 0.2) is 5.00 Å². The molecule has 1 aliphatic rings. The quantitative estimate of drug-likeness (QED) is 0.384. The summed E-state index contributed by atoms with van der Waals surface area (Å²) in [6.07, 6.45) is 0.930. The molecule has 1 aromatic rings. The Morgan fingerprint density at radius 3 is 2.81 bits per heavy atom. The number of hydrogen-bond acceptors (Lipinski definition) is 8. The molecule has 4 N–H and O–H groups in total. The molecule has 0 spiro atoms. The van der Waals surface area contributed by atoms with Crippen LogP contribution in [-0.2, 0) is 10.0 Å². The number of nitrogen functional groups attached to an aromatic ring is 1. The number of rotatable bonds is 6. The average molecular weight is 335 g/mol. The van der Waals surface area contributed by atoms with Crippen LogP contribution in [0, 0.1) is 16.0 Å². The fourth-order valence-corrected chi connectivity index (χ4v) is 4.62. The largest absolute Gasteiger partial charge is 0.310 e. The van der Waals surface area contributed by atoms with Crippen molar-refractivity contribution in [1.82, 2.24) is 9.62 Å². The molecule has 2 rings (SSSR count). The molecule has 118 valence electrons. The lowest BCUT2D eigenvalue weighted by Crippen LogP contribution is -2.30. The van der Waals surface area contributed by atoms with E-state index in [4.69, 9.17) is 5.84 Å². The van der Waals surface area contributed by atoms with E-state index in [-0.39, 0.29) is 20.8 Å². The van der Waals surface area contributed by atoms with E-state index < -0.39 is 14.9 Å².